The molecule has 0 amide bonds. The van der Waals surface area contributed by atoms with Crippen LogP contribution >= 0.6 is 0 Å². The van der Waals surface area contributed by atoms with Gasteiger partial charge in [-0.25, -0.2) is 0 Å². The Morgan fingerprint density at radius 1 is 1.69 bits per heavy atom. The molecular weight excluding hydrogens is 206 g/mol. The number of nitrogens with zero attached hydrogens (tertiary/aromatic N) is 3. The number of hydrogen-bond acceptors (Lipinski definition) is 3. The van der Waals surface area contributed by atoms with Crippen molar-refractivity contribution in [3.63, 3.8) is 0 Å². The van der Waals surface area contributed by atoms with E-state index in [4.69, 9.17) is 5.11 Å². The van der Waals surface area contributed by atoms with Crippen LogP contribution in [0.4, 0.5) is 0 Å². The Hall–Kier alpha value is -1.36. The fraction of sp³-hybridized carbons (Fsp3) is 0.636. The van der Waals surface area contributed by atoms with Gasteiger partial charge in [-0.3, -0.25) is 14.4 Å². The van der Waals surface area contributed by atoms with Crippen molar-refractivity contribution in [3.8, 4) is 0 Å². The molecule has 1 unspecified atom stereocenters. The highest BCUT2D eigenvalue weighted by Crippen LogP contribution is 2.09. The molecule has 0 aliphatic carbocycles. The second kappa shape index (κ2) is 5.65. The lowest BCUT2D eigenvalue weighted by atomic mass is 10.2. The van der Waals surface area contributed by atoms with Crippen LogP contribution in [0.1, 0.15) is 26.0 Å². The molecule has 0 fully saturated rings. The summed E-state index contributed by atoms with van der Waals surface area (Å²) in [5.41, 5.74) is 1.10. The zero-order valence-electron chi connectivity index (χ0n) is 10.1. The lowest BCUT2D eigenvalue weighted by Crippen LogP contribution is -2.34. The maximum Gasteiger partial charge on any atom is 0.304 e. The van der Waals surface area contributed by atoms with Crippen LogP contribution in [0.25, 0.3) is 0 Å². The van der Waals surface area contributed by atoms with Crippen molar-refractivity contribution in [1.29, 1.82) is 0 Å². The van der Waals surface area contributed by atoms with E-state index in [1.54, 1.807) is 6.20 Å². The van der Waals surface area contributed by atoms with Gasteiger partial charge in [-0.1, -0.05) is 6.92 Å². The van der Waals surface area contributed by atoms with E-state index in [1.165, 1.54) is 0 Å². The number of aliphatic carboxylic acids is 1. The Labute approximate surface area is 95.7 Å². The number of carbonyl (C=O) groups is 1. The normalized spacial score (nSPS) is 13.0. The van der Waals surface area contributed by atoms with Crippen molar-refractivity contribution in [2.45, 2.75) is 32.9 Å². The smallest absolute Gasteiger partial charge is 0.304 e. The molecule has 0 saturated carbocycles. The van der Waals surface area contributed by atoms with Gasteiger partial charge in [-0.2, -0.15) is 5.10 Å². The van der Waals surface area contributed by atoms with Gasteiger partial charge >= 0.3 is 5.97 Å². The van der Waals surface area contributed by atoms with Crippen molar-refractivity contribution in [2.24, 2.45) is 7.05 Å². The molecule has 0 aromatic carbocycles. The van der Waals surface area contributed by atoms with Crippen molar-refractivity contribution in [3.05, 3.63) is 18.0 Å². The minimum absolute atomic E-state index is 0.0393. The standard InChI is InChI=1S/C11H19N3O2/c1-4-14(9(2)7-11(15)16)8-10-5-6-12-13(10)3/h5-6,9H,4,7-8H2,1-3H3,(H,15,16). The lowest BCUT2D eigenvalue weighted by molar-refractivity contribution is -0.138. The van der Waals surface area contributed by atoms with E-state index >= 15 is 0 Å². The van der Waals surface area contributed by atoms with Crippen molar-refractivity contribution < 1.29 is 9.90 Å². The molecule has 0 radical (unpaired) electrons. The highest BCUT2D eigenvalue weighted by molar-refractivity contribution is 5.67. The van der Waals surface area contributed by atoms with Crippen molar-refractivity contribution in [1.82, 2.24) is 14.7 Å². The summed E-state index contributed by atoms with van der Waals surface area (Å²) in [5.74, 6) is -0.754. The summed E-state index contributed by atoms with van der Waals surface area (Å²) in [6.07, 6.45) is 1.93. The Morgan fingerprint density at radius 3 is 2.81 bits per heavy atom. The number of aromatic nitrogens is 2. The van der Waals surface area contributed by atoms with Gasteiger partial charge in [0.15, 0.2) is 0 Å². The van der Waals surface area contributed by atoms with Crippen molar-refractivity contribution >= 4 is 5.97 Å². The summed E-state index contributed by atoms with van der Waals surface area (Å²) < 4.78 is 1.82. The van der Waals surface area contributed by atoms with Crippen LogP contribution in [0, 0.1) is 0 Å². The summed E-state index contributed by atoms with van der Waals surface area (Å²) >= 11 is 0. The Bertz CT molecular complexity index is 349. The molecular formula is C11H19N3O2. The highest BCUT2D eigenvalue weighted by atomic mass is 16.4. The maximum absolute atomic E-state index is 10.7. The van der Waals surface area contributed by atoms with Crippen LogP contribution in [-0.4, -0.2) is 38.3 Å². The number of carboxylic acids is 1. The molecule has 5 heteroatoms. The van der Waals surface area contributed by atoms with Gasteiger partial charge in [-0.15, -0.1) is 0 Å². The largest absolute Gasteiger partial charge is 0.481 e. The molecule has 1 N–H and O–H groups in total. The van der Waals surface area contributed by atoms with Crippen LogP contribution in [0.2, 0.25) is 0 Å². The first-order chi connectivity index (χ1) is 7.54. The summed E-state index contributed by atoms with van der Waals surface area (Å²) in [6.45, 7) is 5.55. The predicted molar refractivity (Wildman–Crippen MR) is 61.0 cm³/mol. The quantitative estimate of drug-likeness (QED) is 0.787. The van der Waals surface area contributed by atoms with Gasteiger partial charge < -0.3 is 5.11 Å². The van der Waals surface area contributed by atoms with E-state index < -0.39 is 5.97 Å². The molecule has 90 valence electrons. The molecule has 0 saturated heterocycles. The fourth-order valence-electron chi connectivity index (χ4n) is 1.73. The first kappa shape index (κ1) is 12.7. The monoisotopic (exact) mass is 225 g/mol. The maximum atomic E-state index is 10.7. The minimum Gasteiger partial charge on any atom is -0.481 e. The van der Waals surface area contributed by atoms with Crippen LogP contribution in [0.3, 0.4) is 0 Å². The fourth-order valence-corrected chi connectivity index (χ4v) is 1.73. The predicted octanol–water partition coefficient (Wildman–Crippen LogP) is 1.11. The first-order valence-corrected chi connectivity index (χ1v) is 5.47. The topological polar surface area (TPSA) is 58.4 Å². The van der Waals surface area contributed by atoms with Gasteiger partial charge in [0.05, 0.1) is 12.1 Å². The third kappa shape index (κ3) is 3.34. The molecule has 1 aromatic heterocycles. The van der Waals surface area contributed by atoms with Crippen LogP contribution in [0.5, 0.6) is 0 Å². The second-order valence-corrected chi connectivity index (χ2v) is 3.96. The van der Waals surface area contributed by atoms with Crippen molar-refractivity contribution in [2.75, 3.05) is 6.54 Å². The van der Waals surface area contributed by atoms with Gasteiger partial charge in [0.25, 0.3) is 0 Å². The van der Waals surface area contributed by atoms with Gasteiger partial charge in [0, 0.05) is 25.8 Å². The third-order valence-electron chi connectivity index (χ3n) is 2.79. The van der Waals surface area contributed by atoms with E-state index in [-0.39, 0.29) is 12.5 Å². The highest BCUT2D eigenvalue weighted by Gasteiger charge is 2.16. The Kier molecular flexibility index (Phi) is 4.49. The van der Waals surface area contributed by atoms with Crippen LogP contribution < -0.4 is 0 Å². The number of carboxylic acid groups (broad SMARTS) is 1. The summed E-state index contributed by atoms with van der Waals surface area (Å²) in [4.78, 5) is 12.8. The number of rotatable bonds is 6. The van der Waals surface area contributed by atoms with E-state index in [0.29, 0.717) is 0 Å². The molecule has 1 atom stereocenters. The third-order valence-corrected chi connectivity index (χ3v) is 2.79. The van der Waals surface area contributed by atoms with Gasteiger partial charge in [0.1, 0.15) is 0 Å². The zero-order valence-corrected chi connectivity index (χ0v) is 10.1. The number of hydrogen-bond donors (Lipinski definition) is 1. The van der Waals surface area contributed by atoms with Crippen LogP contribution in [-0.2, 0) is 18.4 Å². The summed E-state index contributed by atoms with van der Waals surface area (Å²) in [6, 6.07) is 1.99. The van der Waals surface area contributed by atoms with Gasteiger partial charge in [0.2, 0.25) is 0 Å². The van der Waals surface area contributed by atoms with Crippen LogP contribution in [0.15, 0.2) is 12.3 Å². The molecule has 0 aliphatic rings. The molecule has 1 heterocycles. The lowest BCUT2D eigenvalue weighted by Gasteiger charge is -2.26. The molecule has 1 aromatic rings. The van der Waals surface area contributed by atoms with E-state index in [0.717, 1.165) is 18.8 Å². The summed E-state index contributed by atoms with van der Waals surface area (Å²) in [5, 5.41) is 12.9. The average Bonchev–Trinajstić information content (AvgIpc) is 2.59. The Balaban J connectivity index is 2.61. The second-order valence-electron chi connectivity index (χ2n) is 3.96. The summed E-state index contributed by atoms with van der Waals surface area (Å²) in [7, 11) is 1.89. The van der Waals surface area contributed by atoms with Gasteiger partial charge in [-0.05, 0) is 19.5 Å². The van der Waals surface area contributed by atoms with E-state index in [1.807, 2.05) is 31.6 Å². The van der Waals surface area contributed by atoms with E-state index in [9.17, 15) is 4.79 Å². The molecule has 1 rings (SSSR count). The van der Waals surface area contributed by atoms with E-state index in [2.05, 4.69) is 10.00 Å². The SMILES string of the molecule is CCN(Cc1ccnn1C)C(C)CC(=O)O. The zero-order chi connectivity index (χ0) is 12.1. The molecule has 0 spiro atoms. The molecule has 5 nitrogen and oxygen atoms in total. The Morgan fingerprint density at radius 2 is 2.38 bits per heavy atom. The molecule has 16 heavy (non-hydrogen) atoms. The molecule has 0 bridgehead atoms. The average molecular weight is 225 g/mol. The molecule has 0 aliphatic heterocycles. The number of aryl methyl sites for hydroxylation is 1. The first-order valence-electron chi connectivity index (χ1n) is 5.47. The minimum atomic E-state index is -0.754.